The highest BCUT2D eigenvalue weighted by atomic mass is 79.9. The summed E-state index contributed by atoms with van der Waals surface area (Å²) < 4.78 is 6.45. The predicted octanol–water partition coefficient (Wildman–Crippen LogP) is 0.758. The number of aromatic nitrogens is 2. The molecule has 0 N–H and O–H groups in total. The van der Waals surface area contributed by atoms with Crippen LogP contribution in [0.3, 0.4) is 0 Å². The van der Waals surface area contributed by atoms with E-state index in [1.54, 1.807) is 0 Å². The summed E-state index contributed by atoms with van der Waals surface area (Å²) in [5, 5.41) is 0. The zero-order chi connectivity index (χ0) is 11.8. The summed E-state index contributed by atoms with van der Waals surface area (Å²) in [4.78, 5) is 13.1. The average molecular weight is 299 g/mol. The zero-order valence-corrected chi connectivity index (χ0v) is 11.3. The van der Waals surface area contributed by atoms with Crippen LogP contribution in [0.4, 0.5) is 5.69 Å². The van der Waals surface area contributed by atoms with Gasteiger partial charge in [0.15, 0.2) is 4.73 Å². The van der Waals surface area contributed by atoms with Crippen molar-refractivity contribution in [1.82, 2.24) is 14.9 Å². The van der Waals surface area contributed by atoms with Crippen LogP contribution in [0.2, 0.25) is 0 Å². The molecule has 1 aromatic heterocycles. The molecular formula is C11H15BrN4O. The van der Waals surface area contributed by atoms with Gasteiger partial charge in [0.1, 0.15) is 0 Å². The van der Waals surface area contributed by atoms with Crippen LogP contribution in [0.5, 0.6) is 0 Å². The first-order valence-corrected chi connectivity index (χ1v) is 6.56. The minimum Gasteiger partial charge on any atom is -0.373 e. The van der Waals surface area contributed by atoms with Crippen molar-refractivity contribution in [3.8, 4) is 0 Å². The molecule has 5 nitrogen and oxygen atoms in total. The fourth-order valence-electron chi connectivity index (χ4n) is 2.45. The normalized spacial score (nSPS) is 29.4. The van der Waals surface area contributed by atoms with Crippen LogP contribution in [0, 0.1) is 0 Å². The lowest BCUT2D eigenvalue weighted by Crippen LogP contribution is -2.46. The number of rotatable bonds is 1. The summed E-state index contributed by atoms with van der Waals surface area (Å²) in [6.45, 7) is 3.75. The van der Waals surface area contributed by atoms with Gasteiger partial charge in [-0.15, -0.1) is 0 Å². The molecule has 0 aliphatic carbocycles. The smallest absolute Gasteiger partial charge is 0.196 e. The first kappa shape index (κ1) is 11.4. The number of morpholine rings is 1. The second-order valence-corrected chi connectivity index (χ2v) is 5.37. The Balaban J connectivity index is 1.82. The molecule has 3 fully saturated rings. The average Bonchev–Trinajstić information content (AvgIpc) is 2.61. The molecule has 0 radical (unpaired) electrons. The van der Waals surface area contributed by atoms with Gasteiger partial charge >= 0.3 is 0 Å². The summed E-state index contributed by atoms with van der Waals surface area (Å²) in [5.41, 5.74) is 1.07. The van der Waals surface area contributed by atoms with E-state index in [9.17, 15) is 0 Å². The van der Waals surface area contributed by atoms with Gasteiger partial charge in [0.25, 0.3) is 0 Å². The van der Waals surface area contributed by atoms with Gasteiger partial charge in [-0.1, -0.05) is 0 Å². The van der Waals surface area contributed by atoms with E-state index in [0.29, 0.717) is 16.9 Å². The van der Waals surface area contributed by atoms with Crippen molar-refractivity contribution in [2.24, 2.45) is 0 Å². The molecule has 3 saturated heterocycles. The van der Waals surface area contributed by atoms with Crippen LogP contribution < -0.4 is 4.90 Å². The highest BCUT2D eigenvalue weighted by Crippen LogP contribution is 2.22. The first-order chi connectivity index (χ1) is 8.22. The molecule has 0 aromatic carbocycles. The number of likely N-dealkylation sites (N-methyl/N-ethyl adjacent to an activating group) is 1. The number of anilines is 1. The number of hydrogen-bond acceptors (Lipinski definition) is 5. The van der Waals surface area contributed by atoms with Gasteiger partial charge in [0.2, 0.25) is 0 Å². The van der Waals surface area contributed by atoms with Gasteiger partial charge in [-0.3, -0.25) is 4.90 Å². The summed E-state index contributed by atoms with van der Waals surface area (Å²) in [6, 6.07) is 0.470. The Morgan fingerprint density at radius 1 is 1.29 bits per heavy atom. The Bertz CT molecular complexity index is 399. The van der Waals surface area contributed by atoms with E-state index < -0.39 is 0 Å². The molecule has 0 amide bonds. The molecule has 2 unspecified atom stereocenters. The summed E-state index contributed by atoms with van der Waals surface area (Å²) in [6.07, 6.45) is 4.02. The van der Waals surface area contributed by atoms with E-state index in [4.69, 9.17) is 4.74 Å². The van der Waals surface area contributed by atoms with E-state index in [1.165, 1.54) is 0 Å². The Hall–Kier alpha value is -0.720. The maximum absolute atomic E-state index is 5.81. The molecule has 4 heterocycles. The predicted molar refractivity (Wildman–Crippen MR) is 68.1 cm³/mol. The summed E-state index contributed by atoms with van der Waals surface area (Å²) in [7, 11) is 2.17. The van der Waals surface area contributed by atoms with E-state index >= 15 is 0 Å². The maximum Gasteiger partial charge on any atom is 0.196 e. The van der Waals surface area contributed by atoms with Gasteiger partial charge in [-0.25, -0.2) is 9.97 Å². The quantitative estimate of drug-likeness (QED) is 0.716. The third-order valence-electron chi connectivity index (χ3n) is 3.47. The zero-order valence-electron chi connectivity index (χ0n) is 9.71. The molecule has 3 aliphatic rings. The number of ether oxygens (including phenoxy) is 1. The van der Waals surface area contributed by atoms with Crippen molar-refractivity contribution in [1.29, 1.82) is 0 Å². The molecule has 0 saturated carbocycles. The second-order valence-electron chi connectivity index (χ2n) is 4.66. The first-order valence-electron chi connectivity index (χ1n) is 5.77. The third-order valence-corrected chi connectivity index (χ3v) is 3.88. The number of fused-ring (bicyclic) bond motifs is 4. The molecule has 6 heteroatoms. The molecule has 1 aromatic rings. The molecule has 2 atom stereocenters. The monoisotopic (exact) mass is 298 g/mol. The van der Waals surface area contributed by atoms with Crippen LogP contribution in [0.1, 0.15) is 0 Å². The number of hydrogen-bond donors (Lipinski definition) is 0. The van der Waals surface area contributed by atoms with Crippen molar-refractivity contribution < 1.29 is 4.74 Å². The van der Waals surface area contributed by atoms with Gasteiger partial charge in [0, 0.05) is 19.6 Å². The van der Waals surface area contributed by atoms with Crippen molar-refractivity contribution >= 4 is 21.6 Å². The van der Waals surface area contributed by atoms with Crippen LogP contribution in [-0.4, -0.2) is 60.3 Å². The standard InChI is InChI=1S/C11H15BrN4O/c1-15-5-10-6-16(4-9(15)7-17-10)8-2-13-11(12)14-3-8/h2-3,9-10H,4-7H2,1H3. The molecule has 4 rings (SSSR count). The Morgan fingerprint density at radius 2 is 2.06 bits per heavy atom. The van der Waals surface area contributed by atoms with Crippen LogP contribution >= 0.6 is 15.9 Å². The molecule has 3 aliphatic heterocycles. The number of halogens is 1. The van der Waals surface area contributed by atoms with Crippen molar-refractivity contribution in [3.63, 3.8) is 0 Å². The lowest BCUT2D eigenvalue weighted by molar-refractivity contribution is -0.0312. The van der Waals surface area contributed by atoms with E-state index in [2.05, 4.69) is 42.7 Å². The molecule has 0 spiro atoms. The van der Waals surface area contributed by atoms with Gasteiger partial charge in [-0.05, 0) is 23.0 Å². The fourth-order valence-corrected chi connectivity index (χ4v) is 2.66. The van der Waals surface area contributed by atoms with Crippen LogP contribution in [0.25, 0.3) is 0 Å². The van der Waals surface area contributed by atoms with Gasteiger partial charge < -0.3 is 9.64 Å². The second kappa shape index (κ2) is 4.51. The van der Waals surface area contributed by atoms with Gasteiger partial charge in [0.05, 0.1) is 36.8 Å². The van der Waals surface area contributed by atoms with E-state index in [1.807, 2.05) is 12.4 Å². The summed E-state index contributed by atoms with van der Waals surface area (Å²) in [5.74, 6) is 0. The Morgan fingerprint density at radius 3 is 2.76 bits per heavy atom. The topological polar surface area (TPSA) is 41.5 Å². The van der Waals surface area contributed by atoms with Gasteiger partial charge in [-0.2, -0.15) is 0 Å². The summed E-state index contributed by atoms with van der Waals surface area (Å²) >= 11 is 3.26. The minimum atomic E-state index is 0.294. The van der Waals surface area contributed by atoms with Crippen LogP contribution in [0.15, 0.2) is 17.1 Å². The highest BCUT2D eigenvalue weighted by Gasteiger charge is 2.33. The third kappa shape index (κ3) is 2.29. The van der Waals surface area contributed by atoms with Crippen molar-refractivity contribution in [2.45, 2.75) is 12.1 Å². The lowest BCUT2D eigenvalue weighted by atomic mass is 10.2. The van der Waals surface area contributed by atoms with E-state index in [-0.39, 0.29) is 0 Å². The Kier molecular flexibility index (Phi) is 3.02. The largest absolute Gasteiger partial charge is 0.373 e. The number of nitrogens with zero attached hydrogens (tertiary/aromatic N) is 4. The van der Waals surface area contributed by atoms with E-state index in [0.717, 1.165) is 31.9 Å². The van der Waals surface area contributed by atoms with Crippen molar-refractivity contribution in [3.05, 3.63) is 17.1 Å². The fraction of sp³-hybridized carbons (Fsp3) is 0.636. The molecular weight excluding hydrogens is 284 g/mol. The molecule has 17 heavy (non-hydrogen) atoms. The highest BCUT2D eigenvalue weighted by molar-refractivity contribution is 9.10. The lowest BCUT2D eigenvalue weighted by Gasteiger charge is -2.32. The van der Waals surface area contributed by atoms with Crippen LogP contribution in [-0.2, 0) is 4.74 Å². The molecule has 2 bridgehead atoms. The maximum atomic E-state index is 5.81. The van der Waals surface area contributed by atoms with Crippen molar-refractivity contribution in [2.75, 3.05) is 38.2 Å². The molecule has 92 valence electrons. The SMILES string of the molecule is CN1CC2CN(c3cnc(Br)nc3)CC1CO2. The minimum absolute atomic E-state index is 0.294. The Labute approximate surface area is 109 Å².